The quantitative estimate of drug-likeness (QED) is 0.299. The van der Waals surface area contributed by atoms with E-state index in [1.54, 1.807) is 0 Å². The van der Waals surface area contributed by atoms with Gasteiger partial charge in [0.2, 0.25) is 0 Å². The summed E-state index contributed by atoms with van der Waals surface area (Å²) in [5, 5.41) is 6.57. The Kier molecular flexibility index (Phi) is 7.97. The van der Waals surface area contributed by atoms with Crippen molar-refractivity contribution in [1.82, 2.24) is 10.6 Å². The Morgan fingerprint density at radius 1 is 1.17 bits per heavy atom. The van der Waals surface area contributed by atoms with Crippen molar-refractivity contribution in [3.05, 3.63) is 0 Å². The van der Waals surface area contributed by atoms with Gasteiger partial charge >= 0.3 is 0 Å². The van der Waals surface area contributed by atoms with Crippen LogP contribution in [0.2, 0.25) is 0 Å². The van der Waals surface area contributed by atoms with Crippen molar-refractivity contribution in [2.75, 3.05) is 32.8 Å². The van der Waals surface area contributed by atoms with Gasteiger partial charge in [-0.2, -0.15) is 0 Å². The van der Waals surface area contributed by atoms with E-state index in [1.165, 1.54) is 25.7 Å². The smallest absolute Gasteiger partial charge is 0.191 e. The summed E-state index contributed by atoms with van der Waals surface area (Å²) in [4.78, 5) is 4.56. The van der Waals surface area contributed by atoms with E-state index in [0.29, 0.717) is 0 Å². The lowest BCUT2D eigenvalue weighted by molar-refractivity contribution is 0.129. The summed E-state index contributed by atoms with van der Waals surface area (Å²) in [5.41, 5.74) is 0. The molecule has 0 heterocycles. The van der Waals surface area contributed by atoms with Crippen LogP contribution in [0.1, 0.15) is 32.6 Å². The van der Waals surface area contributed by atoms with Gasteiger partial charge in [0.15, 0.2) is 5.96 Å². The number of hydrogen-bond acceptors (Lipinski definition) is 2. The highest BCUT2D eigenvalue weighted by atomic mass is 127. The van der Waals surface area contributed by atoms with Gasteiger partial charge in [-0.15, -0.1) is 24.0 Å². The standard InChI is InChI=1S/C13H25N3O.HI/c1-2-14-13(16-9-11-3-4-11)15-7-8-17-10-12-5-6-12;/h11-12H,2-10H2,1H3,(H2,14,15,16);1H. The first-order valence-electron chi connectivity index (χ1n) is 6.98. The van der Waals surface area contributed by atoms with Gasteiger partial charge in [0.1, 0.15) is 0 Å². The molecule has 5 heteroatoms. The number of nitrogens with one attached hydrogen (secondary N) is 2. The largest absolute Gasteiger partial charge is 0.379 e. The summed E-state index contributed by atoms with van der Waals surface area (Å²) >= 11 is 0. The Hall–Kier alpha value is -0.0400. The average Bonchev–Trinajstić information content (AvgIpc) is 3.18. The molecule has 4 nitrogen and oxygen atoms in total. The lowest BCUT2D eigenvalue weighted by atomic mass is 10.4. The van der Waals surface area contributed by atoms with Crippen molar-refractivity contribution in [3.8, 4) is 0 Å². The molecule has 2 rings (SSSR count). The zero-order valence-corrected chi connectivity index (χ0v) is 13.6. The maximum absolute atomic E-state index is 5.58. The summed E-state index contributed by atoms with van der Waals surface area (Å²) in [6.45, 7) is 6.56. The Morgan fingerprint density at radius 3 is 2.50 bits per heavy atom. The molecule has 0 amide bonds. The van der Waals surface area contributed by atoms with Crippen molar-refractivity contribution in [2.24, 2.45) is 16.8 Å². The molecule has 18 heavy (non-hydrogen) atoms. The topological polar surface area (TPSA) is 45.7 Å². The molecule has 0 bridgehead atoms. The van der Waals surface area contributed by atoms with Crippen LogP contribution in [0.15, 0.2) is 4.99 Å². The van der Waals surface area contributed by atoms with Crippen LogP contribution in [0.25, 0.3) is 0 Å². The second-order valence-corrected chi connectivity index (χ2v) is 5.11. The van der Waals surface area contributed by atoms with Gasteiger partial charge in [0, 0.05) is 26.2 Å². The number of ether oxygens (including phenoxy) is 1. The summed E-state index contributed by atoms with van der Waals surface area (Å²) in [5.74, 6) is 2.64. The fourth-order valence-corrected chi connectivity index (χ4v) is 1.64. The fraction of sp³-hybridized carbons (Fsp3) is 0.923. The Bertz CT molecular complexity index is 253. The van der Waals surface area contributed by atoms with Crippen LogP contribution in [0.5, 0.6) is 0 Å². The third-order valence-electron chi connectivity index (χ3n) is 3.14. The molecule has 0 aromatic heterocycles. The first-order valence-corrected chi connectivity index (χ1v) is 6.98. The number of nitrogens with zero attached hydrogens (tertiary/aromatic N) is 1. The molecule has 0 radical (unpaired) electrons. The van der Waals surface area contributed by atoms with Gasteiger partial charge in [0.05, 0.1) is 6.61 Å². The van der Waals surface area contributed by atoms with Crippen LogP contribution in [0.3, 0.4) is 0 Å². The van der Waals surface area contributed by atoms with Gasteiger partial charge in [-0.05, 0) is 44.4 Å². The molecule has 106 valence electrons. The maximum Gasteiger partial charge on any atom is 0.191 e. The van der Waals surface area contributed by atoms with Crippen LogP contribution in [-0.2, 0) is 4.74 Å². The number of hydrogen-bond donors (Lipinski definition) is 2. The van der Waals surface area contributed by atoms with Crippen LogP contribution < -0.4 is 10.6 Å². The lowest BCUT2D eigenvalue weighted by Crippen LogP contribution is -2.39. The number of guanidine groups is 1. The molecule has 2 saturated carbocycles. The summed E-state index contributed by atoms with van der Waals surface area (Å²) in [7, 11) is 0. The third kappa shape index (κ3) is 7.41. The monoisotopic (exact) mass is 367 g/mol. The Labute approximate surface area is 127 Å². The summed E-state index contributed by atoms with van der Waals surface area (Å²) in [6.07, 6.45) is 5.43. The second kappa shape index (κ2) is 8.96. The second-order valence-electron chi connectivity index (χ2n) is 5.11. The van der Waals surface area contributed by atoms with Crippen LogP contribution in [0.4, 0.5) is 0 Å². The highest BCUT2D eigenvalue weighted by Gasteiger charge is 2.21. The zero-order chi connectivity index (χ0) is 11.9. The first-order chi connectivity index (χ1) is 8.38. The van der Waals surface area contributed by atoms with Crippen molar-refractivity contribution in [1.29, 1.82) is 0 Å². The number of aliphatic imine (C=N–C) groups is 1. The predicted octanol–water partition coefficient (Wildman–Crippen LogP) is 2.00. The number of halogens is 1. The van der Waals surface area contributed by atoms with Gasteiger partial charge < -0.3 is 15.4 Å². The van der Waals surface area contributed by atoms with Crippen molar-refractivity contribution in [2.45, 2.75) is 32.6 Å². The van der Waals surface area contributed by atoms with Crippen LogP contribution >= 0.6 is 24.0 Å². The minimum atomic E-state index is 0. The van der Waals surface area contributed by atoms with E-state index in [2.05, 4.69) is 22.5 Å². The fourth-order valence-electron chi connectivity index (χ4n) is 1.64. The molecule has 2 aliphatic rings. The van der Waals surface area contributed by atoms with Gasteiger partial charge in [-0.1, -0.05) is 0 Å². The highest BCUT2D eigenvalue weighted by Crippen LogP contribution is 2.29. The Balaban J connectivity index is 0.00000162. The molecule has 0 aromatic rings. The van der Waals surface area contributed by atoms with E-state index in [9.17, 15) is 0 Å². The molecule has 0 atom stereocenters. The van der Waals surface area contributed by atoms with E-state index >= 15 is 0 Å². The molecule has 2 aliphatic carbocycles. The van der Waals surface area contributed by atoms with Crippen LogP contribution in [0, 0.1) is 11.8 Å². The Morgan fingerprint density at radius 2 is 1.89 bits per heavy atom. The average molecular weight is 367 g/mol. The van der Waals surface area contributed by atoms with Gasteiger partial charge in [-0.3, -0.25) is 4.99 Å². The molecule has 2 fully saturated rings. The van der Waals surface area contributed by atoms with E-state index in [1.807, 2.05) is 0 Å². The molecule has 0 saturated heterocycles. The van der Waals surface area contributed by atoms with Crippen LogP contribution in [-0.4, -0.2) is 38.8 Å². The minimum absolute atomic E-state index is 0. The summed E-state index contributed by atoms with van der Waals surface area (Å²) < 4.78 is 5.58. The van der Waals surface area contributed by atoms with E-state index in [4.69, 9.17) is 4.74 Å². The minimum Gasteiger partial charge on any atom is -0.379 e. The lowest BCUT2D eigenvalue weighted by Gasteiger charge is -2.11. The highest BCUT2D eigenvalue weighted by molar-refractivity contribution is 14.0. The normalized spacial score (nSPS) is 19.3. The van der Waals surface area contributed by atoms with Crippen molar-refractivity contribution >= 4 is 29.9 Å². The van der Waals surface area contributed by atoms with Crippen molar-refractivity contribution < 1.29 is 4.74 Å². The molecule has 0 unspecified atom stereocenters. The van der Waals surface area contributed by atoms with E-state index in [-0.39, 0.29) is 24.0 Å². The third-order valence-corrected chi connectivity index (χ3v) is 3.14. The predicted molar refractivity (Wildman–Crippen MR) is 85.7 cm³/mol. The molecule has 2 N–H and O–H groups in total. The zero-order valence-electron chi connectivity index (χ0n) is 11.3. The first kappa shape index (κ1) is 16.0. The summed E-state index contributed by atoms with van der Waals surface area (Å²) in [6, 6.07) is 0. The SMILES string of the molecule is CCNC(=NCC1CC1)NCCOCC1CC1.I. The molecular weight excluding hydrogens is 341 g/mol. The number of rotatable bonds is 8. The molecule has 0 spiro atoms. The molecule has 0 aromatic carbocycles. The van der Waals surface area contributed by atoms with Gasteiger partial charge in [0.25, 0.3) is 0 Å². The van der Waals surface area contributed by atoms with E-state index < -0.39 is 0 Å². The van der Waals surface area contributed by atoms with Crippen molar-refractivity contribution in [3.63, 3.8) is 0 Å². The van der Waals surface area contributed by atoms with E-state index in [0.717, 1.165) is 50.6 Å². The molecular formula is C13H26IN3O. The van der Waals surface area contributed by atoms with Gasteiger partial charge in [-0.25, -0.2) is 0 Å². The molecule has 0 aliphatic heterocycles. The maximum atomic E-state index is 5.58.